The average molecular weight is 203 g/mol. The molecule has 1 N–H and O–H groups in total. The van der Waals surface area contributed by atoms with Gasteiger partial charge in [-0.05, 0) is 32.0 Å². The first kappa shape index (κ1) is 8.79. The lowest BCUT2D eigenvalue weighted by Gasteiger charge is -2.20. The molecule has 0 spiro atoms. The van der Waals surface area contributed by atoms with Crippen molar-refractivity contribution in [2.45, 2.75) is 18.8 Å². The van der Waals surface area contributed by atoms with Crippen molar-refractivity contribution in [3.8, 4) is 0 Å². The van der Waals surface area contributed by atoms with Gasteiger partial charge in [0.15, 0.2) is 0 Å². The van der Waals surface area contributed by atoms with Gasteiger partial charge >= 0.3 is 0 Å². The molecule has 0 bridgehead atoms. The van der Waals surface area contributed by atoms with Gasteiger partial charge in [0.2, 0.25) is 0 Å². The molecule has 0 amide bonds. The summed E-state index contributed by atoms with van der Waals surface area (Å²) in [7, 11) is 0. The van der Waals surface area contributed by atoms with Crippen molar-refractivity contribution in [3.05, 3.63) is 24.3 Å². The van der Waals surface area contributed by atoms with Gasteiger partial charge < -0.3 is 5.32 Å². The molecule has 0 saturated carbocycles. The van der Waals surface area contributed by atoms with Crippen LogP contribution >= 0.6 is 0 Å². The van der Waals surface area contributed by atoms with Crippen molar-refractivity contribution in [1.29, 1.82) is 0 Å². The molecule has 0 atom stereocenters. The third kappa shape index (κ3) is 1.48. The van der Waals surface area contributed by atoms with Crippen molar-refractivity contribution in [2.24, 2.45) is 0 Å². The highest BCUT2D eigenvalue weighted by atomic mass is 15.3. The predicted octanol–water partition coefficient (Wildman–Crippen LogP) is 0.591. The van der Waals surface area contributed by atoms with Gasteiger partial charge in [0, 0.05) is 18.3 Å². The molecule has 5 heteroatoms. The predicted molar refractivity (Wildman–Crippen MR) is 55.6 cm³/mol. The zero-order valence-corrected chi connectivity index (χ0v) is 8.43. The summed E-state index contributed by atoms with van der Waals surface area (Å²) in [5.74, 6) is 2.27. The minimum absolute atomic E-state index is 0.519. The minimum atomic E-state index is 0.519. The van der Waals surface area contributed by atoms with Gasteiger partial charge in [0.25, 0.3) is 5.78 Å². The number of rotatable bonds is 1. The Morgan fingerprint density at radius 3 is 3.00 bits per heavy atom. The molecule has 1 fully saturated rings. The number of hydrogen-bond donors (Lipinski definition) is 1. The summed E-state index contributed by atoms with van der Waals surface area (Å²) >= 11 is 0. The molecule has 2 aromatic rings. The summed E-state index contributed by atoms with van der Waals surface area (Å²) in [5, 5.41) is 11.7. The van der Waals surface area contributed by atoms with Crippen molar-refractivity contribution in [3.63, 3.8) is 0 Å². The molecule has 3 heterocycles. The number of piperidine rings is 1. The summed E-state index contributed by atoms with van der Waals surface area (Å²) in [6.07, 6.45) is 6.00. The van der Waals surface area contributed by atoms with E-state index in [2.05, 4.69) is 20.5 Å². The maximum Gasteiger partial charge on any atom is 0.254 e. The van der Waals surface area contributed by atoms with Crippen LogP contribution in [0.5, 0.6) is 0 Å². The van der Waals surface area contributed by atoms with Gasteiger partial charge in [0.1, 0.15) is 5.82 Å². The lowest BCUT2D eigenvalue weighted by molar-refractivity contribution is 0.442. The number of nitrogens with zero attached hydrogens (tertiary/aromatic N) is 4. The normalized spacial score (nSPS) is 18.4. The highest BCUT2D eigenvalue weighted by Crippen LogP contribution is 2.23. The molecule has 1 aliphatic rings. The molecule has 1 aliphatic heterocycles. The third-order valence-corrected chi connectivity index (χ3v) is 2.92. The Morgan fingerprint density at radius 2 is 2.13 bits per heavy atom. The van der Waals surface area contributed by atoms with E-state index in [0.29, 0.717) is 11.7 Å². The van der Waals surface area contributed by atoms with Crippen molar-refractivity contribution in [2.75, 3.05) is 13.1 Å². The maximum atomic E-state index is 4.24. The van der Waals surface area contributed by atoms with Crippen molar-refractivity contribution >= 4 is 5.78 Å². The molecular formula is C10H13N5. The minimum Gasteiger partial charge on any atom is -0.317 e. The topological polar surface area (TPSA) is 55.1 Å². The molecular weight excluding hydrogens is 190 g/mol. The zero-order chi connectivity index (χ0) is 10.1. The molecule has 3 rings (SSSR count). The van der Waals surface area contributed by atoms with E-state index in [0.717, 1.165) is 31.8 Å². The first-order valence-corrected chi connectivity index (χ1v) is 5.31. The van der Waals surface area contributed by atoms with Crippen LogP contribution in [0.15, 0.2) is 18.5 Å². The largest absolute Gasteiger partial charge is 0.317 e. The highest BCUT2D eigenvalue weighted by Gasteiger charge is 2.20. The molecule has 2 aromatic heterocycles. The summed E-state index contributed by atoms with van der Waals surface area (Å²) < 4.78 is 2.00. The van der Waals surface area contributed by atoms with Crippen LogP contribution in [0.3, 0.4) is 0 Å². The molecule has 5 nitrogen and oxygen atoms in total. The van der Waals surface area contributed by atoms with E-state index in [1.54, 1.807) is 6.20 Å². The summed E-state index contributed by atoms with van der Waals surface area (Å²) in [5.41, 5.74) is 0. The SMILES string of the molecule is c1cnc2nnc(C3CCNCC3)n2c1. The Hall–Kier alpha value is -1.49. The fraction of sp³-hybridized carbons (Fsp3) is 0.500. The summed E-state index contributed by atoms with van der Waals surface area (Å²) in [4.78, 5) is 4.17. The molecule has 0 aromatic carbocycles. The zero-order valence-electron chi connectivity index (χ0n) is 8.43. The number of hydrogen-bond acceptors (Lipinski definition) is 4. The quantitative estimate of drug-likeness (QED) is 0.737. The van der Waals surface area contributed by atoms with E-state index < -0.39 is 0 Å². The van der Waals surface area contributed by atoms with Gasteiger partial charge in [0.05, 0.1) is 0 Å². The fourth-order valence-electron chi connectivity index (χ4n) is 2.12. The van der Waals surface area contributed by atoms with Crippen LogP contribution in [0.2, 0.25) is 0 Å². The molecule has 0 unspecified atom stereocenters. The standard InChI is InChI=1S/C10H13N5/c1-4-12-10-14-13-9(15(10)7-1)8-2-5-11-6-3-8/h1,4,7-8,11H,2-3,5-6H2. The molecule has 78 valence electrons. The van der Waals surface area contributed by atoms with E-state index in [9.17, 15) is 0 Å². The number of aromatic nitrogens is 4. The molecule has 0 aliphatic carbocycles. The van der Waals surface area contributed by atoms with Gasteiger partial charge in [-0.2, -0.15) is 0 Å². The Labute approximate surface area is 87.5 Å². The van der Waals surface area contributed by atoms with E-state index in [1.165, 1.54) is 0 Å². The van der Waals surface area contributed by atoms with Gasteiger partial charge in [-0.25, -0.2) is 4.98 Å². The van der Waals surface area contributed by atoms with Crippen molar-refractivity contribution < 1.29 is 0 Å². The number of nitrogens with one attached hydrogen (secondary N) is 1. The summed E-state index contributed by atoms with van der Waals surface area (Å²) in [6.45, 7) is 2.14. The summed E-state index contributed by atoms with van der Waals surface area (Å²) in [6, 6.07) is 1.92. The molecule has 0 radical (unpaired) electrons. The van der Waals surface area contributed by atoms with Crippen LogP contribution in [0, 0.1) is 0 Å². The van der Waals surface area contributed by atoms with E-state index >= 15 is 0 Å². The Morgan fingerprint density at radius 1 is 1.27 bits per heavy atom. The Bertz CT molecular complexity index is 458. The van der Waals surface area contributed by atoms with Crippen LogP contribution in [0.25, 0.3) is 5.78 Å². The molecule has 15 heavy (non-hydrogen) atoms. The van der Waals surface area contributed by atoms with E-state index in [4.69, 9.17) is 0 Å². The first-order chi connectivity index (χ1) is 7.45. The van der Waals surface area contributed by atoms with Crippen LogP contribution in [0.1, 0.15) is 24.6 Å². The average Bonchev–Trinajstić information content (AvgIpc) is 2.74. The van der Waals surface area contributed by atoms with Crippen LogP contribution in [-0.4, -0.2) is 32.7 Å². The second kappa shape index (κ2) is 3.58. The second-order valence-electron chi connectivity index (χ2n) is 3.87. The van der Waals surface area contributed by atoms with Gasteiger partial charge in [-0.15, -0.1) is 10.2 Å². The van der Waals surface area contributed by atoms with Crippen molar-refractivity contribution in [1.82, 2.24) is 24.9 Å². The lowest BCUT2D eigenvalue weighted by atomic mass is 9.97. The maximum absolute atomic E-state index is 4.24. The smallest absolute Gasteiger partial charge is 0.254 e. The lowest BCUT2D eigenvalue weighted by Crippen LogP contribution is -2.27. The Kier molecular flexibility index (Phi) is 2.10. The van der Waals surface area contributed by atoms with Crippen LogP contribution in [-0.2, 0) is 0 Å². The van der Waals surface area contributed by atoms with Gasteiger partial charge in [-0.3, -0.25) is 4.40 Å². The van der Waals surface area contributed by atoms with Gasteiger partial charge in [-0.1, -0.05) is 0 Å². The highest BCUT2D eigenvalue weighted by molar-refractivity contribution is 5.27. The van der Waals surface area contributed by atoms with E-state index in [-0.39, 0.29) is 0 Å². The third-order valence-electron chi connectivity index (χ3n) is 2.92. The second-order valence-corrected chi connectivity index (χ2v) is 3.87. The van der Waals surface area contributed by atoms with Crippen LogP contribution in [0.4, 0.5) is 0 Å². The van der Waals surface area contributed by atoms with E-state index in [1.807, 2.05) is 16.7 Å². The molecule has 1 saturated heterocycles. The number of fused-ring (bicyclic) bond motifs is 1. The Balaban J connectivity index is 2.02. The van der Waals surface area contributed by atoms with Crippen LogP contribution < -0.4 is 5.32 Å². The monoisotopic (exact) mass is 203 g/mol. The first-order valence-electron chi connectivity index (χ1n) is 5.31. The fourth-order valence-corrected chi connectivity index (χ4v) is 2.12.